The highest BCUT2D eigenvalue weighted by Gasteiger charge is 2.23. The molecule has 158 valence electrons. The molecule has 0 radical (unpaired) electrons. The Morgan fingerprint density at radius 2 is 1.72 bits per heavy atom. The summed E-state index contributed by atoms with van der Waals surface area (Å²) in [7, 11) is -2.10. The van der Waals surface area contributed by atoms with Crippen molar-refractivity contribution in [2.24, 2.45) is 0 Å². The molecule has 0 saturated carbocycles. The highest BCUT2D eigenvalue weighted by molar-refractivity contribution is 7.89. The van der Waals surface area contributed by atoms with Crippen LogP contribution in [-0.2, 0) is 21.4 Å². The summed E-state index contributed by atoms with van der Waals surface area (Å²) < 4.78 is 33.3. The summed E-state index contributed by atoms with van der Waals surface area (Å²) in [5, 5.41) is 0. The van der Waals surface area contributed by atoms with E-state index >= 15 is 0 Å². The number of benzene rings is 1. The Hall–Kier alpha value is -2.65. The van der Waals surface area contributed by atoms with Gasteiger partial charge in [0.15, 0.2) is 0 Å². The lowest BCUT2D eigenvalue weighted by molar-refractivity contribution is -0.130. The number of nitrogens with zero attached hydrogens (tertiary/aromatic N) is 3. The van der Waals surface area contributed by atoms with Gasteiger partial charge in [-0.05, 0) is 18.2 Å². The Balaban J connectivity index is 2.04. The second-order valence-corrected chi connectivity index (χ2v) is 8.34. The first-order chi connectivity index (χ1) is 13.8. The third-order valence-corrected chi connectivity index (χ3v) is 6.50. The maximum Gasteiger partial charge on any atom is 0.251 e. The Morgan fingerprint density at radius 3 is 2.34 bits per heavy atom. The Bertz CT molecular complexity index is 969. The van der Waals surface area contributed by atoms with Gasteiger partial charge in [0.05, 0.1) is 11.4 Å². The summed E-state index contributed by atoms with van der Waals surface area (Å²) >= 11 is 0. The predicted molar refractivity (Wildman–Crippen MR) is 110 cm³/mol. The summed E-state index contributed by atoms with van der Waals surface area (Å²) in [6.45, 7) is 4.52. The number of likely N-dealkylation sites (N-methyl/N-ethyl adjacent to an activating group) is 1. The van der Waals surface area contributed by atoms with Crippen molar-refractivity contribution in [1.29, 1.82) is 0 Å². The fourth-order valence-corrected chi connectivity index (χ4v) is 4.18. The van der Waals surface area contributed by atoms with E-state index in [1.54, 1.807) is 20.9 Å². The van der Waals surface area contributed by atoms with E-state index in [2.05, 4.69) is 0 Å². The van der Waals surface area contributed by atoms with Gasteiger partial charge >= 0.3 is 0 Å². The monoisotopic (exact) mass is 421 g/mol. The smallest absolute Gasteiger partial charge is 0.251 e. The minimum atomic E-state index is -3.71. The maximum atomic E-state index is 12.7. The van der Waals surface area contributed by atoms with Crippen LogP contribution in [0.15, 0.2) is 58.4 Å². The number of carbonyl (C=O) groups excluding carboxylic acids is 1. The largest absolute Gasteiger partial charge is 0.492 e. The number of ether oxygens (including phenoxy) is 1. The number of rotatable bonds is 10. The fraction of sp³-hybridized carbons (Fsp3) is 0.400. The maximum absolute atomic E-state index is 12.7. The van der Waals surface area contributed by atoms with Gasteiger partial charge in [0.25, 0.3) is 5.56 Å². The second kappa shape index (κ2) is 10.2. The number of para-hydroxylation sites is 1. The molecule has 0 aliphatic rings. The molecule has 2 aromatic rings. The highest BCUT2D eigenvalue weighted by Crippen LogP contribution is 2.13. The van der Waals surface area contributed by atoms with E-state index in [4.69, 9.17) is 4.74 Å². The van der Waals surface area contributed by atoms with Crippen molar-refractivity contribution >= 4 is 15.9 Å². The molecule has 0 atom stereocenters. The molecular formula is C20H27N3O5S. The second-order valence-electron chi connectivity index (χ2n) is 6.40. The Morgan fingerprint density at radius 1 is 1.07 bits per heavy atom. The molecule has 1 aromatic carbocycles. The molecule has 8 nitrogen and oxygen atoms in total. The summed E-state index contributed by atoms with van der Waals surface area (Å²) in [5.41, 5.74) is -0.439. The van der Waals surface area contributed by atoms with Gasteiger partial charge in [0.2, 0.25) is 15.9 Å². The van der Waals surface area contributed by atoms with Crippen LogP contribution in [0.25, 0.3) is 0 Å². The van der Waals surface area contributed by atoms with Crippen molar-refractivity contribution < 1.29 is 17.9 Å². The third kappa shape index (κ3) is 5.91. The Kier molecular flexibility index (Phi) is 7.98. The number of amides is 1. The minimum Gasteiger partial charge on any atom is -0.492 e. The van der Waals surface area contributed by atoms with Crippen molar-refractivity contribution in [3.8, 4) is 5.75 Å². The van der Waals surface area contributed by atoms with E-state index in [0.717, 1.165) is 4.57 Å². The van der Waals surface area contributed by atoms with Crippen LogP contribution >= 0.6 is 0 Å². The van der Waals surface area contributed by atoms with Crippen LogP contribution in [0.5, 0.6) is 5.75 Å². The predicted octanol–water partition coefficient (Wildman–Crippen LogP) is 1.42. The van der Waals surface area contributed by atoms with Gasteiger partial charge in [-0.2, -0.15) is 4.31 Å². The summed E-state index contributed by atoms with van der Waals surface area (Å²) in [6, 6.07) is 11.7. The topological polar surface area (TPSA) is 88.9 Å². The number of hydrogen-bond acceptors (Lipinski definition) is 5. The van der Waals surface area contributed by atoms with E-state index < -0.39 is 15.6 Å². The van der Waals surface area contributed by atoms with Gasteiger partial charge in [-0.15, -0.1) is 0 Å². The van der Waals surface area contributed by atoms with Gasteiger partial charge < -0.3 is 14.2 Å². The van der Waals surface area contributed by atoms with Crippen molar-refractivity contribution in [2.75, 3.05) is 33.3 Å². The lowest BCUT2D eigenvalue weighted by Gasteiger charge is -2.20. The van der Waals surface area contributed by atoms with Crippen LogP contribution in [0.1, 0.15) is 13.8 Å². The van der Waals surface area contributed by atoms with Gasteiger partial charge in [-0.1, -0.05) is 32.0 Å². The van der Waals surface area contributed by atoms with Crippen LogP contribution in [0, 0.1) is 0 Å². The fourth-order valence-electron chi connectivity index (χ4n) is 2.71. The van der Waals surface area contributed by atoms with Gasteiger partial charge in [0.1, 0.15) is 18.9 Å². The molecule has 0 aliphatic heterocycles. The highest BCUT2D eigenvalue weighted by atomic mass is 32.2. The van der Waals surface area contributed by atoms with E-state index in [1.165, 1.54) is 27.5 Å². The molecular weight excluding hydrogens is 394 g/mol. The van der Waals surface area contributed by atoms with E-state index in [9.17, 15) is 18.0 Å². The molecule has 0 fully saturated rings. The molecule has 0 aliphatic carbocycles. The molecule has 0 unspecified atom stereocenters. The average Bonchev–Trinajstić information content (AvgIpc) is 2.70. The van der Waals surface area contributed by atoms with Gasteiger partial charge in [-0.3, -0.25) is 9.59 Å². The zero-order valence-electron chi connectivity index (χ0n) is 16.9. The molecule has 0 spiro atoms. The van der Waals surface area contributed by atoms with Crippen molar-refractivity contribution in [1.82, 2.24) is 13.8 Å². The summed E-state index contributed by atoms with van der Waals surface area (Å²) in [6.07, 6.45) is 1.22. The zero-order valence-corrected chi connectivity index (χ0v) is 17.8. The van der Waals surface area contributed by atoms with Gasteiger partial charge in [0, 0.05) is 32.4 Å². The SMILES string of the molecule is CCN(CC)S(=O)(=O)c1ccc(=O)n(CC(=O)N(C)CCOc2ccccc2)c1. The number of sulfonamides is 1. The van der Waals surface area contributed by atoms with E-state index in [0.29, 0.717) is 32.0 Å². The summed E-state index contributed by atoms with van der Waals surface area (Å²) in [4.78, 5) is 26.0. The van der Waals surface area contributed by atoms with E-state index in [1.807, 2.05) is 30.3 Å². The lowest BCUT2D eigenvalue weighted by Crippen LogP contribution is -2.36. The standard InChI is InChI=1S/C20H27N3O5S/c1-4-23(5-2)29(26,27)18-11-12-19(24)22(15-18)16-20(25)21(3)13-14-28-17-9-7-6-8-10-17/h6-12,15H,4-5,13-14,16H2,1-3H3. The number of pyridine rings is 1. The molecule has 1 amide bonds. The van der Waals surface area contributed by atoms with Crippen molar-refractivity contribution in [2.45, 2.75) is 25.3 Å². The minimum absolute atomic E-state index is 0.0105. The van der Waals surface area contributed by atoms with Gasteiger partial charge in [-0.25, -0.2) is 8.42 Å². The molecule has 0 N–H and O–H groups in total. The zero-order chi connectivity index (χ0) is 21.4. The van der Waals surface area contributed by atoms with Crippen LogP contribution in [0.4, 0.5) is 0 Å². The summed E-state index contributed by atoms with van der Waals surface area (Å²) in [5.74, 6) is 0.389. The first-order valence-corrected chi connectivity index (χ1v) is 10.9. The number of aromatic nitrogens is 1. The van der Waals surface area contributed by atoms with Crippen LogP contribution in [0.3, 0.4) is 0 Å². The normalized spacial score (nSPS) is 11.4. The Labute approximate surface area is 171 Å². The molecule has 29 heavy (non-hydrogen) atoms. The van der Waals surface area contributed by atoms with Crippen LogP contribution < -0.4 is 10.3 Å². The number of carbonyl (C=O) groups is 1. The molecule has 0 bridgehead atoms. The van der Waals surface area contributed by atoms with Crippen LogP contribution in [0.2, 0.25) is 0 Å². The average molecular weight is 422 g/mol. The molecule has 1 aromatic heterocycles. The molecule has 9 heteroatoms. The first-order valence-electron chi connectivity index (χ1n) is 9.42. The quantitative estimate of drug-likeness (QED) is 0.579. The van der Waals surface area contributed by atoms with E-state index in [-0.39, 0.29) is 17.3 Å². The molecule has 1 heterocycles. The molecule has 2 rings (SSSR count). The lowest BCUT2D eigenvalue weighted by atomic mass is 10.3. The van der Waals surface area contributed by atoms with Crippen LogP contribution in [-0.4, -0.2) is 61.4 Å². The van der Waals surface area contributed by atoms with Crippen molar-refractivity contribution in [3.63, 3.8) is 0 Å². The van der Waals surface area contributed by atoms with Crippen molar-refractivity contribution in [3.05, 3.63) is 59.0 Å². The molecule has 0 saturated heterocycles. The third-order valence-electron chi connectivity index (χ3n) is 4.47. The number of hydrogen-bond donors (Lipinski definition) is 0. The first kappa shape index (κ1) is 22.6.